The number of imidazole rings is 1. The van der Waals surface area contributed by atoms with E-state index >= 15 is 0 Å². The molecule has 7 nitrogen and oxygen atoms in total. The molecule has 7 heteroatoms. The summed E-state index contributed by atoms with van der Waals surface area (Å²) in [6.07, 6.45) is 4.80. The number of aromatic amines is 1. The smallest absolute Gasteiger partial charge is 0.274 e. The third kappa shape index (κ3) is 2.54. The van der Waals surface area contributed by atoms with Crippen LogP contribution in [0.2, 0.25) is 0 Å². The van der Waals surface area contributed by atoms with Gasteiger partial charge in [-0.3, -0.25) is 14.7 Å². The number of carbonyl (C=O) groups is 1. The van der Waals surface area contributed by atoms with E-state index in [4.69, 9.17) is 0 Å². The number of aryl methyl sites for hydroxylation is 1. The first-order chi connectivity index (χ1) is 11.7. The Morgan fingerprint density at radius 3 is 2.88 bits per heavy atom. The topological polar surface area (TPSA) is 84.7 Å². The zero-order valence-electron chi connectivity index (χ0n) is 13.0. The van der Waals surface area contributed by atoms with Gasteiger partial charge >= 0.3 is 0 Å². The van der Waals surface area contributed by atoms with Crippen LogP contribution in [0.4, 0.5) is 5.82 Å². The van der Waals surface area contributed by atoms with Crippen molar-refractivity contribution in [2.75, 3.05) is 5.32 Å². The SMILES string of the molecule is O=C(Nc1cnc2n1CCCC2)c1cc(=O)n(-c2ccccc2)[nH]1. The number of H-pyrrole nitrogens is 1. The molecule has 0 spiro atoms. The Hall–Kier alpha value is -3.09. The van der Waals surface area contributed by atoms with Gasteiger partial charge in [0.2, 0.25) is 0 Å². The molecule has 0 saturated heterocycles. The Balaban J connectivity index is 1.60. The molecule has 2 aromatic heterocycles. The summed E-state index contributed by atoms with van der Waals surface area (Å²) in [5.41, 5.74) is 0.625. The lowest BCUT2D eigenvalue weighted by Crippen LogP contribution is -2.18. The summed E-state index contributed by atoms with van der Waals surface area (Å²) < 4.78 is 3.37. The van der Waals surface area contributed by atoms with Gasteiger partial charge in [-0.25, -0.2) is 9.67 Å². The van der Waals surface area contributed by atoms with Gasteiger partial charge in [0.05, 0.1) is 11.9 Å². The second-order valence-electron chi connectivity index (χ2n) is 5.80. The Morgan fingerprint density at radius 2 is 2.04 bits per heavy atom. The first kappa shape index (κ1) is 14.5. The first-order valence-electron chi connectivity index (χ1n) is 7.95. The van der Waals surface area contributed by atoms with Crippen molar-refractivity contribution >= 4 is 11.7 Å². The Kier molecular flexibility index (Phi) is 3.53. The number of hydrogen-bond acceptors (Lipinski definition) is 3. The molecule has 1 aromatic carbocycles. The van der Waals surface area contributed by atoms with Crippen molar-refractivity contribution in [1.82, 2.24) is 19.3 Å². The summed E-state index contributed by atoms with van der Waals surface area (Å²) in [5.74, 6) is 1.31. The van der Waals surface area contributed by atoms with Crippen LogP contribution in [0.15, 0.2) is 47.4 Å². The molecule has 3 aromatic rings. The molecule has 2 N–H and O–H groups in total. The van der Waals surface area contributed by atoms with Gasteiger partial charge in [-0.15, -0.1) is 0 Å². The highest BCUT2D eigenvalue weighted by Crippen LogP contribution is 2.19. The van der Waals surface area contributed by atoms with Crippen molar-refractivity contribution in [3.63, 3.8) is 0 Å². The van der Waals surface area contributed by atoms with Crippen molar-refractivity contribution in [3.8, 4) is 5.69 Å². The Morgan fingerprint density at radius 1 is 1.21 bits per heavy atom. The van der Waals surface area contributed by atoms with E-state index in [0.29, 0.717) is 11.5 Å². The third-order valence-electron chi connectivity index (χ3n) is 4.19. The number of benzene rings is 1. The zero-order valence-corrected chi connectivity index (χ0v) is 13.0. The van der Waals surface area contributed by atoms with E-state index in [9.17, 15) is 9.59 Å². The largest absolute Gasteiger partial charge is 0.315 e. The molecule has 0 atom stereocenters. The molecule has 122 valence electrons. The normalized spacial score (nSPS) is 13.5. The third-order valence-corrected chi connectivity index (χ3v) is 4.19. The highest BCUT2D eigenvalue weighted by molar-refractivity contribution is 6.02. The number of carbonyl (C=O) groups excluding carboxylic acids is 1. The quantitative estimate of drug-likeness (QED) is 0.772. The molecule has 0 saturated carbocycles. The van der Waals surface area contributed by atoms with E-state index < -0.39 is 0 Å². The molecule has 3 heterocycles. The molecule has 1 aliphatic rings. The summed E-state index contributed by atoms with van der Waals surface area (Å²) in [6, 6.07) is 10.4. The van der Waals surface area contributed by atoms with Crippen LogP contribution in [-0.4, -0.2) is 25.2 Å². The summed E-state index contributed by atoms with van der Waals surface area (Å²) in [4.78, 5) is 28.9. The van der Waals surface area contributed by atoms with Gasteiger partial charge in [-0.1, -0.05) is 18.2 Å². The standard InChI is InChI=1S/C17H17N5O2/c23-16-10-13(20-22(16)12-6-2-1-3-7-12)17(24)19-15-11-18-14-8-4-5-9-21(14)15/h1-3,6-7,10-11,20H,4-5,8-9H2,(H,19,24). The van der Waals surface area contributed by atoms with Crippen molar-refractivity contribution in [2.45, 2.75) is 25.8 Å². The highest BCUT2D eigenvalue weighted by Gasteiger charge is 2.18. The van der Waals surface area contributed by atoms with Crippen LogP contribution in [0.1, 0.15) is 29.2 Å². The van der Waals surface area contributed by atoms with Crippen LogP contribution >= 0.6 is 0 Å². The van der Waals surface area contributed by atoms with Gasteiger partial charge in [-0.05, 0) is 25.0 Å². The van der Waals surface area contributed by atoms with E-state index in [2.05, 4.69) is 15.4 Å². The molecule has 0 unspecified atom stereocenters. The lowest BCUT2D eigenvalue weighted by Gasteiger charge is -2.16. The first-order valence-corrected chi connectivity index (χ1v) is 7.95. The zero-order chi connectivity index (χ0) is 16.5. The number of fused-ring (bicyclic) bond motifs is 1. The van der Waals surface area contributed by atoms with Gasteiger partial charge in [0.1, 0.15) is 17.3 Å². The fourth-order valence-corrected chi connectivity index (χ4v) is 2.98. The summed E-state index contributed by atoms with van der Waals surface area (Å²) in [5, 5.41) is 5.69. The van der Waals surface area contributed by atoms with E-state index in [1.54, 1.807) is 18.3 Å². The molecule has 0 bridgehead atoms. The number of amides is 1. The molecule has 0 radical (unpaired) electrons. The molecule has 1 amide bonds. The minimum absolute atomic E-state index is 0.218. The van der Waals surface area contributed by atoms with Crippen LogP contribution in [0, 0.1) is 0 Å². The summed E-state index contributed by atoms with van der Waals surface area (Å²) in [6.45, 7) is 0.854. The maximum atomic E-state index is 12.5. The van der Waals surface area contributed by atoms with Gasteiger partial charge in [0.15, 0.2) is 0 Å². The predicted octanol–water partition coefficient (Wildman–Crippen LogP) is 1.95. The molecular weight excluding hydrogens is 306 g/mol. The maximum absolute atomic E-state index is 12.5. The highest BCUT2D eigenvalue weighted by atomic mass is 16.2. The van der Waals surface area contributed by atoms with Crippen LogP contribution in [0.3, 0.4) is 0 Å². The Bertz CT molecular complexity index is 936. The lowest BCUT2D eigenvalue weighted by atomic mass is 10.2. The average molecular weight is 323 g/mol. The second-order valence-corrected chi connectivity index (χ2v) is 5.80. The predicted molar refractivity (Wildman–Crippen MR) is 89.5 cm³/mol. The fraction of sp³-hybridized carbons (Fsp3) is 0.235. The minimum atomic E-state index is -0.352. The van der Waals surface area contributed by atoms with Crippen molar-refractivity contribution < 1.29 is 4.79 Å². The maximum Gasteiger partial charge on any atom is 0.274 e. The van der Waals surface area contributed by atoms with Crippen molar-refractivity contribution in [1.29, 1.82) is 0 Å². The summed E-state index contributed by atoms with van der Waals surface area (Å²) in [7, 11) is 0. The minimum Gasteiger partial charge on any atom is -0.315 e. The van der Waals surface area contributed by atoms with Gasteiger partial charge in [-0.2, -0.15) is 0 Å². The van der Waals surface area contributed by atoms with Crippen LogP contribution in [0.5, 0.6) is 0 Å². The molecule has 0 fully saturated rings. The number of aromatic nitrogens is 4. The average Bonchev–Trinajstić information content (AvgIpc) is 3.20. The van der Waals surface area contributed by atoms with Gasteiger partial charge in [0.25, 0.3) is 11.5 Å². The van der Waals surface area contributed by atoms with E-state index in [1.807, 2.05) is 22.8 Å². The Labute approximate surface area is 137 Å². The molecular formula is C17H17N5O2. The van der Waals surface area contributed by atoms with Crippen LogP contribution in [0.25, 0.3) is 5.69 Å². The molecule has 24 heavy (non-hydrogen) atoms. The van der Waals surface area contributed by atoms with Gasteiger partial charge in [0, 0.05) is 19.0 Å². The van der Waals surface area contributed by atoms with Crippen molar-refractivity contribution in [2.24, 2.45) is 0 Å². The number of rotatable bonds is 3. The number of para-hydroxylation sites is 1. The number of anilines is 1. The van der Waals surface area contributed by atoms with E-state index in [1.165, 1.54) is 10.7 Å². The van der Waals surface area contributed by atoms with Crippen LogP contribution < -0.4 is 10.9 Å². The number of nitrogens with one attached hydrogen (secondary N) is 2. The van der Waals surface area contributed by atoms with Gasteiger partial charge < -0.3 is 9.88 Å². The second kappa shape index (κ2) is 5.84. The summed E-state index contributed by atoms with van der Waals surface area (Å²) >= 11 is 0. The lowest BCUT2D eigenvalue weighted by molar-refractivity contribution is 0.102. The number of hydrogen-bond donors (Lipinski definition) is 2. The van der Waals surface area contributed by atoms with Crippen molar-refractivity contribution in [3.05, 3.63) is 64.5 Å². The fourth-order valence-electron chi connectivity index (χ4n) is 2.98. The van der Waals surface area contributed by atoms with E-state index in [-0.39, 0.29) is 17.2 Å². The monoisotopic (exact) mass is 323 g/mol. The van der Waals surface area contributed by atoms with E-state index in [0.717, 1.165) is 31.6 Å². The molecule has 4 rings (SSSR count). The molecule has 1 aliphatic heterocycles. The molecule has 0 aliphatic carbocycles. The number of nitrogens with zero attached hydrogens (tertiary/aromatic N) is 3. The van der Waals surface area contributed by atoms with Crippen LogP contribution in [-0.2, 0) is 13.0 Å².